The van der Waals surface area contributed by atoms with Crippen molar-refractivity contribution >= 4 is 28.2 Å². The molecule has 0 bridgehead atoms. The van der Waals surface area contributed by atoms with Gasteiger partial charge in [-0.05, 0) is 87.0 Å². The second-order valence-electron chi connectivity index (χ2n) is 14.0. The minimum absolute atomic E-state index is 0.0289. The number of nitrogens with zero attached hydrogens (tertiary/aromatic N) is 5. The van der Waals surface area contributed by atoms with Gasteiger partial charge in [-0.1, -0.05) is 32.0 Å². The van der Waals surface area contributed by atoms with Crippen molar-refractivity contribution in [2.75, 3.05) is 26.2 Å². The van der Waals surface area contributed by atoms with Crippen molar-refractivity contribution in [3.05, 3.63) is 59.3 Å². The van der Waals surface area contributed by atoms with Gasteiger partial charge >= 0.3 is 0 Å². The molecule has 1 saturated carbocycles. The molecule has 1 atom stereocenters. The highest BCUT2D eigenvalue weighted by Crippen LogP contribution is 2.41. The Morgan fingerprint density at radius 3 is 2.52 bits per heavy atom. The molecule has 8 heteroatoms. The first-order valence-electron chi connectivity index (χ1n) is 16.7. The molecular formula is C36H46N6O2. The Morgan fingerprint density at radius 2 is 1.80 bits per heavy atom. The number of pyridine rings is 1. The molecule has 44 heavy (non-hydrogen) atoms. The molecular weight excluding hydrogens is 548 g/mol. The van der Waals surface area contributed by atoms with E-state index in [-0.39, 0.29) is 11.9 Å². The minimum atomic E-state index is 0.0289. The van der Waals surface area contributed by atoms with Gasteiger partial charge in [0.2, 0.25) is 5.91 Å². The highest BCUT2D eigenvalue weighted by atomic mass is 16.2. The van der Waals surface area contributed by atoms with Crippen LogP contribution in [-0.4, -0.2) is 68.0 Å². The molecule has 0 spiro atoms. The van der Waals surface area contributed by atoms with Crippen molar-refractivity contribution in [3.8, 4) is 11.4 Å². The summed E-state index contributed by atoms with van der Waals surface area (Å²) in [7, 11) is 0. The molecule has 4 aromatic rings. The number of aromatic nitrogens is 3. The molecule has 5 heterocycles. The van der Waals surface area contributed by atoms with E-state index < -0.39 is 0 Å². The number of aryl methyl sites for hydroxylation is 1. The molecule has 0 radical (unpaired) electrons. The number of amides is 2. The smallest absolute Gasteiger partial charge is 0.255 e. The summed E-state index contributed by atoms with van der Waals surface area (Å²) in [5, 5.41) is 6.38. The van der Waals surface area contributed by atoms with E-state index in [4.69, 9.17) is 10.8 Å². The van der Waals surface area contributed by atoms with Crippen LogP contribution in [-0.2, 0) is 11.3 Å². The fourth-order valence-corrected chi connectivity index (χ4v) is 7.47. The van der Waals surface area contributed by atoms with Crippen LogP contribution in [0.5, 0.6) is 0 Å². The van der Waals surface area contributed by atoms with Gasteiger partial charge < -0.3 is 20.1 Å². The van der Waals surface area contributed by atoms with Crippen LogP contribution in [0.15, 0.2) is 42.6 Å². The topological polar surface area (TPSA) is 88.9 Å². The van der Waals surface area contributed by atoms with E-state index in [1.54, 1.807) is 0 Å². The van der Waals surface area contributed by atoms with Crippen molar-refractivity contribution in [3.63, 3.8) is 0 Å². The van der Waals surface area contributed by atoms with Crippen LogP contribution in [0.25, 0.3) is 27.8 Å². The Kier molecular flexibility index (Phi) is 7.73. The number of carbonyl (C=O) groups is 2. The highest BCUT2D eigenvalue weighted by molar-refractivity contribution is 5.95. The summed E-state index contributed by atoms with van der Waals surface area (Å²) in [4.78, 5) is 30.1. The number of benzene rings is 1. The van der Waals surface area contributed by atoms with Crippen molar-refractivity contribution in [2.45, 2.75) is 84.2 Å². The zero-order chi connectivity index (χ0) is 30.5. The molecule has 1 aliphatic carbocycles. The quantitative estimate of drug-likeness (QED) is 0.285. The normalized spacial score (nSPS) is 19.9. The number of piperidine rings is 2. The summed E-state index contributed by atoms with van der Waals surface area (Å²) < 4.78 is 4.43. The Labute approximate surface area is 260 Å². The number of fused-ring (bicyclic) bond motifs is 2. The zero-order valence-corrected chi connectivity index (χ0v) is 26.5. The standard InChI is InChI=1S/C36H46N6O2/c1-23(2)18-33(43)39-16-13-26(14-17-39)30-8-4-6-27-19-32(41(35(27)30)20-25-9-10-25)34-24(3)31-12-11-28(21-42(31)38-34)36(44)40-15-5-7-29(37)22-40/h4,6,8,11-12,19,21,23,25-26,29H,5,7,9-10,13-18,20,22,37H2,1-3H3/t29-/m1/s1. The van der Waals surface area contributed by atoms with Crippen molar-refractivity contribution < 1.29 is 9.59 Å². The van der Waals surface area contributed by atoms with Crippen LogP contribution >= 0.6 is 0 Å². The van der Waals surface area contributed by atoms with Crippen LogP contribution in [0.1, 0.15) is 86.2 Å². The zero-order valence-electron chi connectivity index (χ0n) is 26.5. The molecule has 2 N–H and O–H groups in total. The van der Waals surface area contributed by atoms with Gasteiger partial charge in [-0.15, -0.1) is 0 Å². The van der Waals surface area contributed by atoms with Gasteiger partial charge in [-0.2, -0.15) is 5.10 Å². The Morgan fingerprint density at radius 1 is 1.00 bits per heavy atom. The number of carbonyl (C=O) groups excluding carboxylic acids is 2. The first-order valence-corrected chi connectivity index (χ1v) is 16.7. The van der Waals surface area contributed by atoms with Crippen LogP contribution in [0.4, 0.5) is 0 Å². The molecule has 2 amide bonds. The molecule has 0 unspecified atom stereocenters. The van der Waals surface area contributed by atoms with Crippen LogP contribution < -0.4 is 5.73 Å². The number of hydrogen-bond acceptors (Lipinski definition) is 4. The second-order valence-corrected chi connectivity index (χ2v) is 14.0. The number of nitrogens with two attached hydrogens (primary N) is 1. The number of para-hydroxylation sites is 1. The van der Waals surface area contributed by atoms with Crippen LogP contribution in [0, 0.1) is 18.8 Å². The summed E-state index contributed by atoms with van der Waals surface area (Å²) in [6, 6.07) is 13.1. The lowest BCUT2D eigenvalue weighted by molar-refractivity contribution is -0.133. The summed E-state index contributed by atoms with van der Waals surface area (Å²) in [5.74, 6) is 1.84. The fourth-order valence-electron chi connectivity index (χ4n) is 7.47. The lowest BCUT2D eigenvalue weighted by Crippen LogP contribution is -2.45. The molecule has 3 aromatic heterocycles. The van der Waals surface area contributed by atoms with E-state index in [1.165, 1.54) is 29.3 Å². The maximum absolute atomic E-state index is 13.3. The molecule has 3 fully saturated rings. The first-order chi connectivity index (χ1) is 21.3. The van der Waals surface area contributed by atoms with Crippen molar-refractivity contribution in [1.82, 2.24) is 24.0 Å². The number of hydrogen-bond donors (Lipinski definition) is 1. The minimum Gasteiger partial charge on any atom is -0.343 e. The predicted octanol–water partition coefficient (Wildman–Crippen LogP) is 5.99. The van der Waals surface area contributed by atoms with Gasteiger partial charge in [0.15, 0.2) is 0 Å². The highest BCUT2D eigenvalue weighted by Gasteiger charge is 2.30. The third kappa shape index (κ3) is 5.53. The lowest BCUT2D eigenvalue weighted by Gasteiger charge is -2.33. The number of likely N-dealkylation sites (tertiary alicyclic amines) is 2. The fraction of sp³-hybridized carbons (Fsp3) is 0.528. The van der Waals surface area contributed by atoms with Gasteiger partial charge in [0.05, 0.1) is 22.3 Å². The van der Waals surface area contributed by atoms with E-state index in [0.717, 1.165) is 74.3 Å². The largest absolute Gasteiger partial charge is 0.343 e. The monoisotopic (exact) mass is 594 g/mol. The van der Waals surface area contributed by atoms with Crippen molar-refractivity contribution in [2.24, 2.45) is 17.6 Å². The van der Waals surface area contributed by atoms with E-state index >= 15 is 0 Å². The average Bonchev–Trinajstić information content (AvgIpc) is 3.69. The van der Waals surface area contributed by atoms with E-state index in [1.807, 2.05) is 27.7 Å². The second kappa shape index (κ2) is 11.7. The summed E-state index contributed by atoms with van der Waals surface area (Å²) in [6.45, 7) is 10.4. The maximum Gasteiger partial charge on any atom is 0.255 e. The average molecular weight is 595 g/mol. The summed E-state index contributed by atoms with van der Waals surface area (Å²) in [5.41, 5.74) is 13.8. The summed E-state index contributed by atoms with van der Waals surface area (Å²) >= 11 is 0. The Bertz CT molecular complexity index is 1700. The summed E-state index contributed by atoms with van der Waals surface area (Å²) in [6.07, 6.45) is 8.98. The van der Waals surface area contributed by atoms with Crippen LogP contribution in [0.3, 0.4) is 0 Å². The van der Waals surface area contributed by atoms with Gasteiger partial charge in [-0.25, -0.2) is 4.52 Å². The molecule has 2 saturated heterocycles. The van der Waals surface area contributed by atoms with E-state index in [2.05, 4.69) is 54.5 Å². The SMILES string of the molecule is Cc1c(-c2cc3cccc(C4CCN(C(=O)CC(C)C)CC4)c3n2CC2CC2)nn2cc(C(=O)N3CCC[C@@H](N)C3)ccc12. The van der Waals surface area contributed by atoms with E-state index in [9.17, 15) is 9.59 Å². The van der Waals surface area contributed by atoms with Crippen molar-refractivity contribution in [1.29, 1.82) is 0 Å². The van der Waals surface area contributed by atoms with E-state index in [0.29, 0.717) is 42.2 Å². The van der Waals surface area contributed by atoms with Crippen LogP contribution in [0.2, 0.25) is 0 Å². The Hall–Kier alpha value is -3.65. The predicted molar refractivity (Wildman–Crippen MR) is 175 cm³/mol. The molecule has 1 aromatic carbocycles. The molecule has 8 nitrogen and oxygen atoms in total. The van der Waals surface area contributed by atoms with Gasteiger partial charge in [0, 0.05) is 62.3 Å². The third-order valence-corrected chi connectivity index (χ3v) is 10.1. The molecule has 7 rings (SSSR count). The maximum atomic E-state index is 13.3. The van der Waals surface area contributed by atoms with Gasteiger partial charge in [0.25, 0.3) is 5.91 Å². The number of rotatable bonds is 7. The lowest BCUT2D eigenvalue weighted by atomic mass is 9.88. The molecule has 3 aliphatic rings. The Balaban J connectivity index is 1.23. The first kappa shape index (κ1) is 29.1. The molecule has 2 aliphatic heterocycles. The third-order valence-electron chi connectivity index (χ3n) is 10.1. The van der Waals surface area contributed by atoms with Gasteiger partial charge in [0.1, 0.15) is 5.69 Å². The van der Waals surface area contributed by atoms with Gasteiger partial charge in [-0.3, -0.25) is 9.59 Å². The molecule has 232 valence electrons.